The van der Waals surface area contributed by atoms with Crippen molar-refractivity contribution in [2.75, 3.05) is 13.2 Å². The fourth-order valence-corrected chi connectivity index (χ4v) is 4.42. The standard InChI is InChI=1S/C23H19N3O4S/c27-20(24-10-16-12-29-18-8-4-5-9-19(18)30-16)11-26-14-25-22-21(23(26)28)17(13-31-22)15-6-2-1-3-7-15/h1-9,13-14,16H,10-12H2,(H,24,27). The Morgan fingerprint density at radius 3 is 2.74 bits per heavy atom. The molecule has 2 aromatic carbocycles. The molecule has 1 amide bonds. The number of fused-ring (bicyclic) bond motifs is 2. The Morgan fingerprint density at radius 2 is 1.90 bits per heavy atom. The average Bonchev–Trinajstić information content (AvgIpc) is 3.25. The van der Waals surface area contributed by atoms with E-state index in [0.717, 1.165) is 11.1 Å². The molecule has 0 saturated heterocycles. The molecule has 0 spiro atoms. The van der Waals surface area contributed by atoms with Crippen LogP contribution in [0, 0.1) is 0 Å². The first-order chi connectivity index (χ1) is 15.2. The third kappa shape index (κ3) is 3.89. The van der Waals surface area contributed by atoms with Gasteiger partial charge in [-0.2, -0.15) is 0 Å². The van der Waals surface area contributed by atoms with Crippen LogP contribution in [0.1, 0.15) is 0 Å². The monoisotopic (exact) mass is 433 g/mol. The number of ether oxygens (including phenoxy) is 2. The summed E-state index contributed by atoms with van der Waals surface area (Å²) in [5.41, 5.74) is 1.55. The smallest absolute Gasteiger partial charge is 0.263 e. The third-order valence-corrected chi connectivity index (χ3v) is 5.94. The van der Waals surface area contributed by atoms with Crippen molar-refractivity contribution in [1.82, 2.24) is 14.9 Å². The van der Waals surface area contributed by atoms with Crippen molar-refractivity contribution >= 4 is 27.5 Å². The molecule has 1 atom stereocenters. The number of carbonyl (C=O) groups is 1. The Morgan fingerprint density at radius 1 is 1.13 bits per heavy atom. The molecule has 7 nitrogen and oxygen atoms in total. The van der Waals surface area contributed by atoms with E-state index in [1.807, 2.05) is 60.0 Å². The van der Waals surface area contributed by atoms with Gasteiger partial charge in [-0.25, -0.2) is 4.98 Å². The maximum atomic E-state index is 13.1. The highest BCUT2D eigenvalue weighted by Gasteiger charge is 2.21. The van der Waals surface area contributed by atoms with Gasteiger partial charge in [0, 0.05) is 10.9 Å². The second-order valence-corrected chi connectivity index (χ2v) is 8.03. The number of nitrogens with one attached hydrogen (secondary N) is 1. The Labute approximate surface area is 181 Å². The molecule has 0 aliphatic carbocycles. The Bertz CT molecular complexity index is 1300. The van der Waals surface area contributed by atoms with E-state index in [-0.39, 0.29) is 30.7 Å². The molecule has 31 heavy (non-hydrogen) atoms. The van der Waals surface area contributed by atoms with Crippen molar-refractivity contribution < 1.29 is 14.3 Å². The number of benzene rings is 2. The van der Waals surface area contributed by atoms with Crippen LogP contribution in [-0.4, -0.2) is 34.7 Å². The van der Waals surface area contributed by atoms with Gasteiger partial charge in [-0.15, -0.1) is 11.3 Å². The number of thiophene rings is 1. The van der Waals surface area contributed by atoms with Gasteiger partial charge in [-0.3, -0.25) is 14.2 Å². The fourth-order valence-electron chi connectivity index (χ4n) is 3.51. The maximum absolute atomic E-state index is 13.1. The summed E-state index contributed by atoms with van der Waals surface area (Å²) >= 11 is 1.42. The lowest BCUT2D eigenvalue weighted by molar-refractivity contribution is -0.122. The van der Waals surface area contributed by atoms with E-state index in [2.05, 4.69) is 10.3 Å². The van der Waals surface area contributed by atoms with Gasteiger partial charge < -0.3 is 14.8 Å². The SMILES string of the molecule is O=C(Cn1cnc2scc(-c3ccccc3)c2c1=O)NCC1COc2ccccc2O1. The molecule has 1 N–H and O–H groups in total. The molecule has 0 fully saturated rings. The van der Waals surface area contributed by atoms with Gasteiger partial charge in [0.25, 0.3) is 5.56 Å². The zero-order chi connectivity index (χ0) is 21.2. The Balaban J connectivity index is 1.29. The molecule has 1 aliphatic heterocycles. The molecule has 4 aromatic rings. The van der Waals surface area contributed by atoms with Gasteiger partial charge in [0.15, 0.2) is 11.5 Å². The van der Waals surface area contributed by atoms with Crippen LogP contribution in [0.25, 0.3) is 21.3 Å². The van der Waals surface area contributed by atoms with Crippen LogP contribution in [0.3, 0.4) is 0 Å². The first-order valence-electron chi connectivity index (χ1n) is 9.86. The van der Waals surface area contributed by atoms with Gasteiger partial charge in [0.1, 0.15) is 24.1 Å². The Hall–Kier alpha value is -3.65. The largest absolute Gasteiger partial charge is 0.486 e. The third-order valence-electron chi connectivity index (χ3n) is 5.05. The van der Waals surface area contributed by atoms with Gasteiger partial charge >= 0.3 is 0 Å². The van der Waals surface area contributed by atoms with Crippen LogP contribution < -0.4 is 20.3 Å². The molecule has 0 bridgehead atoms. The molecule has 5 rings (SSSR count). The summed E-state index contributed by atoms with van der Waals surface area (Å²) in [5.74, 6) is 1.06. The highest BCUT2D eigenvalue weighted by Crippen LogP contribution is 2.31. The predicted molar refractivity (Wildman–Crippen MR) is 119 cm³/mol. The highest BCUT2D eigenvalue weighted by molar-refractivity contribution is 7.17. The second-order valence-electron chi connectivity index (χ2n) is 7.17. The van der Waals surface area contributed by atoms with E-state index in [4.69, 9.17) is 9.47 Å². The van der Waals surface area contributed by atoms with Crippen molar-refractivity contribution in [1.29, 1.82) is 0 Å². The summed E-state index contributed by atoms with van der Waals surface area (Å²) in [5, 5.41) is 5.28. The van der Waals surface area contributed by atoms with Crippen molar-refractivity contribution in [2.24, 2.45) is 0 Å². The minimum absolute atomic E-state index is 0.115. The lowest BCUT2D eigenvalue weighted by Gasteiger charge is -2.26. The zero-order valence-electron chi connectivity index (χ0n) is 16.5. The van der Waals surface area contributed by atoms with Crippen LogP contribution in [-0.2, 0) is 11.3 Å². The first kappa shape index (κ1) is 19.3. The number of nitrogens with zero attached hydrogens (tertiary/aromatic N) is 2. The van der Waals surface area contributed by atoms with Gasteiger partial charge in [0.05, 0.1) is 18.3 Å². The maximum Gasteiger partial charge on any atom is 0.263 e. The van der Waals surface area contributed by atoms with E-state index >= 15 is 0 Å². The predicted octanol–water partition coefficient (Wildman–Crippen LogP) is 3.08. The summed E-state index contributed by atoms with van der Waals surface area (Å²) in [7, 11) is 0. The van der Waals surface area contributed by atoms with Gasteiger partial charge in [0.2, 0.25) is 5.91 Å². The second kappa shape index (κ2) is 8.23. The van der Waals surface area contributed by atoms with Crippen LogP contribution in [0.5, 0.6) is 11.5 Å². The molecule has 3 heterocycles. The van der Waals surface area contributed by atoms with E-state index in [1.165, 1.54) is 22.2 Å². The number of rotatable bonds is 5. The lowest BCUT2D eigenvalue weighted by Crippen LogP contribution is -2.42. The van der Waals surface area contributed by atoms with E-state index in [9.17, 15) is 9.59 Å². The minimum atomic E-state index is -0.294. The fraction of sp³-hybridized carbons (Fsp3) is 0.174. The quantitative estimate of drug-likeness (QED) is 0.523. The topological polar surface area (TPSA) is 82.5 Å². The lowest BCUT2D eigenvalue weighted by atomic mass is 10.1. The first-order valence-corrected chi connectivity index (χ1v) is 10.7. The van der Waals surface area contributed by atoms with Crippen LogP contribution in [0.15, 0.2) is 71.1 Å². The summed E-state index contributed by atoms with van der Waals surface area (Å²) in [4.78, 5) is 30.6. The normalized spacial score (nSPS) is 15.0. The van der Waals surface area contributed by atoms with Crippen molar-refractivity contribution in [2.45, 2.75) is 12.6 Å². The summed E-state index contributed by atoms with van der Waals surface area (Å²) in [6.45, 7) is 0.515. The number of hydrogen-bond acceptors (Lipinski definition) is 6. The van der Waals surface area contributed by atoms with Crippen LogP contribution >= 0.6 is 11.3 Å². The van der Waals surface area contributed by atoms with Crippen molar-refractivity contribution in [3.05, 3.63) is 76.7 Å². The van der Waals surface area contributed by atoms with Crippen LogP contribution in [0.4, 0.5) is 0 Å². The molecule has 0 radical (unpaired) electrons. The summed E-state index contributed by atoms with van der Waals surface area (Å²) in [6.07, 6.45) is 1.13. The van der Waals surface area contributed by atoms with Crippen molar-refractivity contribution in [3.63, 3.8) is 0 Å². The molecule has 0 saturated carbocycles. The van der Waals surface area contributed by atoms with E-state index in [0.29, 0.717) is 28.3 Å². The zero-order valence-corrected chi connectivity index (χ0v) is 17.3. The summed E-state index contributed by atoms with van der Waals surface area (Å²) in [6, 6.07) is 17.1. The Kier molecular flexibility index (Phi) is 5.13. The molecular formula is C23H19N3O4S. The van der Waals surface area contributed by atoms with Gasteiger partial charge in [-0.1, -0.05) is 42.5 Å². The van der Waals surface area contributed by atoms with Crippen LogP contribution in [0.2, 0.25) is 0 Å². The number of para-hydroxylation sites is 2. The molecule has 2 aromatic heterocycles. The molecule has 156 valence electrons. The number of aromatic nitrogens is 2. The van der Waals surface area contributed by atoms with E-state index < -0.39 is 0 Å². The average molecular weight is 433 g/mol. The number of hydrogen-bond donors (Lipinski definition) is 1. The highest BCUT2D eigenvalue weighted by atomic mass is 32.1. The molecule has 1 aliphatic rings. The number of amides is 1. The molecule has 8 heteroatoms. The summed E-state index contributed by atoms with van der Waals surface area (Å²) < 4.78 is 12.8. The van der Waals surface area contributed by atoms with E-state index in [1.54, 1.807) is 0 Å². The number of carbonyl (C=O) groups excluding carboxylic acids is 1. The minimum Gasteiger partial charge on any atom is -0.486 e. The van der Waals surface area contributed by atoms with Crippen molar-refractivity contribution in [3.8, 4) is 22.6 Å². The molecular weight excluding hydrogens is 414 g/mol. The van der Waals surface area contributed by atoms with Gasteiger partial charge in [-0.05, 0) is 17.7 Å². The molecule has 1 unspecified atom stereocenters.